The van der Waals surface area contributed by atoms with Gasteiger partial charge in [-0.1, -0.05) is 110 Å². The zero-order chi connectivity index (χ0) is 28.4. The highest BCUT2D eigenvalue weighted by molar-refractivity contribution is 5.61. The topological polar surface area (TPSA) is 40.6 Å². The first-order valence-corrected chi connectivity index (χ1v) is 15.9. The number of halogens is 2. The zero-order valence-electron chi connectivity index (χ0n) is 24.9. The smallest absolute Gasteiger partial charge is 0.201 e. The van der Waals surface area contributed by atoms with Crippen molar-refractivity contribution in [3.63, 3.8) is 0 Å². The van der Waals surface area contributed by atoms with Crippen molar-refractivity contribution in [1.82, 2.24) is 4.98 Å². The number of hydrogen-bond acceptors (Lipinski definition) is 4. The van der Waals surface area contributed by atoms with Gasteiger partial charge in [0.1, 0.15) is 0 Å². The number of unbranched alkanes of at least 4 members (excludes halogenated alkanes) is 13. The fraction of sp³-hybridized carbons (Fsp3) is 0.676. The minimum absolute atomic E-state index is 0.0512. The molecule has 1 aliphatic rings. The number of aromatic nitrogens is 1. The molecule has 6 heteroatoms. The summed E-state index contributed by atoms with van der Waals surface area (Å²) in [6.45, 7) is 6.14. The van der Waals surface area contributed by atoms with Gasteiger partial charge in [-0.25, -0.2) is 4.39 Å². The Kier molecular flexibility index (Phi) is 15.5. The Bertz CT molecular complexity index is 945. The normalized spacial score (nSPS) is 17.3. The highest BCUT2D eigenvalue weighted by Gasteiger charge is 2.24. The van der Waals surface area contributed by atoms with Crippen LogP contribution in [0.2, 0.25) is 0 Å². The molecule has 0 spiro atoms. The summed E-state index contributed by atoms with van der Waals surface area (Å²) < 4.78 is 46.9. The first-order valence-electron chi connectivity index (χ1n) is 15.9. The summed E-state index contributed by atoms with van der Waals surface area (Å²) in [7, 11) is 0. The molecule has 1 aromatic carbocycles. The van der Waals surface area contributed by atoms with Crippen LogP contribution in [-0.2, 0) is 9.47 Å². The summed E-state index contributed by atoms with van der Waals surface area (Å²) in [5.41, 5.74) is 1.26. The van der Waals surface area contributed by atoms with Crippen LogP contribution in [0.1, 0.15) is 128 Å². The SMILES string of the molecule is CCCCCCCCCCCC[C@H]1CO[C@H](c2ccc(-c3ccc(OCCCCCCC)c(F)c3F)nc2)OC1. The van der Waals surface area contributed by atoms with Crippen molar-refractivity contribution in [3.05, 3.63) is 47.7 Å². The second kappa shape index (κ2) is 19.1. The molecular weight excluding hydrogens is 508 g/mol. The van der Waals surface area contributed by atoms with Crippen LogP contribution >= 0.6 is 0 Å². The van der Waals surface area contributed by atoms with Crippen molar-refractivity contribution in [2.45, 2.75) is 123 Å². The molecule has 0 aliphatic carbocycles. The van der Waals surface area contributed by atoms with E-state index in [-0.39, 0.29) is 11.3 Å². The third-order valence-electron chi connectivity index (χ3n) is 7.82. The van der Waals surface area contributed by atoms with Gasteiger partial charge in [-0.15, -0.1) is 0 Å². The molecule has 1 aromatic heterocycles. The number of hydrogen-bond donors (Lipinski definition) is 0. The van der Waals surface area contributed by atoms with Crippen LogP contribution in [0, 0.1) is 17.6 Å². The van der Waals surface area contributed by atoms with Crippen LogP contribution < -0.4 is 4.74 Å². The van der Waals surface area contributed by atoms with Gasteiger partial charge in [0.25, 0.3) is 0 Å². The molecule has 2 aromatic rings. The summed E-state index contributed by atoms with van der Waals surface area (Å²) in [6.07, 6.45) is 21.0. The molecule has 224 valence electrons. The molecule has 40 heavy (non-hydrogen) atoms. The maximum Gasteiger partial charge on any atom is 0.201 e. The summed E-state index contributed by atoms with van der Waals surface area (Å²) in [4.78, 5) is 4.38. The third-order valence-corrected chi connectivity index (χ3v) is 7.82. The van der Waals surface area contributed by atoms with Crippen LogP contribution in [0.3, 0.4) is 0 Å². The zero-order valence-corrected chi connectivity index (χ0v) is 24.9. The Hall–Kier alpha value is -2.05. The fourth-order valence-electron chi connectivity index (χ4n) is 5.26. The Morgan fingerprint density at radius 2 is 1.32 bits per heavy atom. The molecule has 0 N–H and O–H groups in total. The Labute approximate surface area is 241 Å². The van der Waals surface area contributed by atoms with Gasteiger partial charge in [-0.3, -0.25) is 4.98 Å². The number of ether oxygens (including phenoxy) is 3. The number of pyridine rings is 1. The predicted octanol–water partition coefficient (Wildman–Crippen LogP) is 10.3. The van der Waals surface area contributed by atoms with Gasteiger partial charge in [0.15, 0.2) is 17.9 Å². The highest BCUT2D eigenvalue weighted by atomic mass is 19.2. The Morgan fingerprint density at radius 1 is 0.725 bits per heavy atom. The van der Waals surface area contributed by atoms with Gasteiger partial charge in [-0.2, -0.15) is 4.39 Å². The van der Waals surface area contributed by atoms with E-state index in [1.807, 2.05) is 6.07 Å². The van der Waals surface area contributed by atoms with E-state index < -0.39 is 17.9 Å². The molecular formula is C34H51F2NO3. The minimum atomic E-state index is -0.968. The lowest BCUT2D eigenvalue weighted by Gasteiger charge is -2.29. The van der Waals surface area contributed by atoms with E-state index in [0.29, 0.717) is 31.4 Å². The van der Waals surface area contributed by atoms with Crippen molar-refractivity contribution in [3.8, 4) is 17.0 Å². The van der Waals surface area contributed by atoms with Gasteiger partial charge in [-0.05, 0) is 31.0 Å². The lowest BCUT2D eigenvalue weighted by atomic mass is 10.0. The molecule has 2 heterocycles. The third kappa shape index (κ3) is 11.1. The van der Waals surface area contributed by atoms with Crippen molar-refractivity contribution in [1.29, 1.82) is 0 Å². The lowest BCUT2D eigenvalue weighted by Crippen LogP contribution is -2.27. The number of nitrogens with zero attached hydrogens (tertiary/aromatic N) is 1. The van der Waals surface area contributed by atoms with Crippen molar-refractivity contribution in [2.75, 3.05) is 19.8 Å². The van der Waals surface area contributed by atoms with Gasteiger partial charge in [0.2, 0.25) is 5.82 Å². The second-order valence-corrected chi connectivity index (χ2v) is 11.3. The van der Waals surface area contributed by atoms with E-state index >= 15 is 0 Å². The van der Waals surface area contributed by atoms with Gasteiger partial charge >= 0.3 is 0 Å². The summed E-state index contributed by atoms with van der Waals surface area (Å²) in [6, 6.07) is 6.51. The van der Waals surface area contributed by atoms with Crippen LogP contribution in [-0.4, -0.2) is 24.8 Å². The molecule has 0 radical (unpaired) electrons. The van der Waals surface area contributed by atoms with Crippen LogP contribution in [0.15, 0.2) is 30.5 Å². The van der Waals surface area contributed by atoms with Gasteiger partial charge < -0.3 is 14.2 Å². The van der Waals surface area contributed by atoms with E-state index in [9.17, 15) is 8.78 Å². The number of benzene rings is 1. The largest absolute Gasteiger partial charge is 0.490 e. The van der Waals surface area contributed by atoms with Gasteiger partial charge in [0.05, 0.1) is 25.5 Å². The highest BCUT2D eigenvalue weighted by Crippen LogP contribution is 2.31. The molecule has 0 amide bonds. The molecule has 0 atom stereocenters. The molecule has 0 bridgehead atoms. The van der Waals surface area contributed by atoms with E-state index in [4.69, 9.17) is 14.2 Å². The monoisotopic (exact) mass is 559 g/mol. The summed E-state index contributed by atoms with van der Waals surface area (Å²) >= 11 is 0. The molecule has 0 unspecified atom stereocenters. The molecule has 1 fully saturated rings. The predicted molar refractivity (Wildman–Crippen MR) is 158 cm³/mol. The average molecular weight is 560 g/mol. The molecule has 1 saturated heterocycles. The lowest BCUT2D eigenvalue weighted by molar-refractivity contribution is -0.206. The Morgan fingerprint density at radius 3 is 1.93 bits per heavy atom. The van der Waals surface area contributed by atoms with E-state index in [1.165, 1.54) is 82.8 Å². The van der Waals surface area contributed by atoms with E-state index in [1.54, 1.807) is 12.3 Å². The quantitative estimate of drug-likeness (QED) is 0.151. The second-order valence-electron chi connectivity index (χ2n) is 11.3. The van der Waals surface area contributed by atoms with Crippen LogP contribution in [0.25, 0.3) is 11.3 Å². The minimum Gasteiger partial charge on any atom is -0.490 e. The molecule has 4 nitrogen and oxygen atoms in total. The van der Waals surface area contributed by atoms with Crippen molar-refractivity contribution in [2.24, 2.45) is 5.92 Å². The average Bonchev–Trinajstić information content (AvgIpc) is 2.98. The first kappa shape index (κ1) is 32.5. The summed E-state index contributed by atoms with van der Waals surface area (Å²) in [5, 5.41) is 0. The van der Waals surface area contributed by atoms with Crippen LogP contribution in [0.4, 0.5) is 8.78 Å². The maximum absolute atomic E-state index is 14.8. The van der Waals surface area contributed by atoms with E-state index in [2.05, 4.69) is 18.8 Å². The number of rotatable bonds is 20. The fourth-order valence-corrected chi connectivity index (χ4v) is 5.26. The van der Waals surface area contributed by atoms with Crippen LogP contribution in [0.5, 0.6) is 5.75 Å². The molecule has 1 aliphatic heterocycles. The summed E-state index contributed by atoms with van der Waals surface area (Å²) in [5.74, 6) is -1.54. The maximum atomic E-state index is 14.8. The molecule has 0 saturated carbocycles. The standard InChI is InChI=1S/C34H51F2NO3/c1-3-5-7-9-10-11-12-13-14-16-18-27-25-39-34(40-26-27)28-19-21-30(37-24-28)29-20-22-31(33(36)32(29)35)38-23-17-15-8-6-4-2/h19-22,24,27,34H,3-18,23,25-26H2,1-2H3/t27-,34-. The van der Waals surface area contributed by atoms with Crippen molar-refractivity contribution < 1.29 is 23.0 Å². The van der Waals surface area contributed by atoms with Crippen molar-refractivity contribution >= 4 is 0 Å². The Balaban J connectivity index is 1.36. The van der Waals surface area contributed by atoms with E-state index in [0.717, 1.165) is 37.7 Å². The molecule has 3 rings (SSSR count). The first-order chi connectivity index (χ1) is 19.6. The van der Waals surface area contributed by atoms with Gasteiger partial charge in [0, 0.05) is 23.2 Å².